The lowest BCUT2D eigenvalue weighted by atomic mass is 10.2. The molecule has 2 aromatic carbocycles. The number of para-hydroxylation sites is 1. The van der Waals surface area contributed by atoms with Gasteiger partial charge in [0, 0.05) is 0 Å². The largest absolute Gasteiger partial charge is 0.488 e. The Bertz CT molecular complexity index is 821. The maximum atomic E-state index is 12.5. The van der Waals surface area contributed by atoms with Crippen LogP contribution in [0.4, 0.5) is 5.13 Å². The molecule has 0 aliphatic heterocycles. The lowest BCUT2D eigenvalue weighted by Crippen LogP contribution is -2.13. The molecule has 0 radical (unpaired) electrons. The van der Waals surface area contributed by atoms with Crippen molar-refractivity contribution in [3.05, 3.63) is 65.7 Å². The van der Waals surface area contributed by atoms with Crippen LogP contribution >= 0.6 is 23.1 Å². The van der Waals surface area contributed by atoms with E-state index >= 15 is 0 Å². The van der Waals surface area contributed by atoms with Gasteiger partial charge in [-0.1, -0.05) is 65.6 Å². The summed E-state index contributed by atoms with van der Waals surface area (Å²) in [5.74, 6) is 0.274. The molecule has 0 atom stereocenters. The van der Waals surface area contributed by atoms with Crippen LogP contribution in [0.15, 0.2) is 58.9 Å². The van der Waals surface area contributed by atoms with E-state index in [1.165, 1.54) is 23.1 Å². The monoisotopic (exact) mass is 357 g/mol. The van der Waals surface area contributed by atoms with E-state index in [0.717, 1.165) is 9.90 Å². The molecule has 1 heterocycles. The SMILES string of the molecule is CSc1nnc(NC(=O)c2ccccc2OCc2ccccc2)s1. The smallest absolute Gasteiger partial charge is 0.261 e. The summed E-state index contributed by atoms with van der Waals surface area (Å²) in [5.41, 5.74) is 1.51. The molecule has 0 saturated heterocycles. The molecule has 0 unspecified atom stereocenters. The van der Waals surface area contributed by atoms with Crippen molar-refractivity contribution >= 4 is 34.1 Å². The van der Waals surface area contributed by atoms with Crippen LogP contribution in [0, 0.1) is 0 Å². The van der Waals surface area contributed by atoms with Crippen LogP contribution in [0.1, 0.15) is 15.9 Å². The van der Waals surface area contributed by atoms with Gasteiger partial charge in [-0.15, -0.1) is 10.2 Å². The van der Waals surface area contributed by atoms with Gasteiger partial charge in [0.15, 0.2) is 4.34 Å². The third-order valence-corrected chi connectivity index (χ3v) is 4.98. The molecule has 0 aliphatic carbocycles. The normalized spacial score (nSPS) is 10.4. The number of nitrogens with zero attached hydrogens (tertiary/aromatic N) is 2. The molecule has 7 heteroatoms. The Balaban J connectivity index is 1.72. The summed E-state index contributed by atoms with van der Waals surface area (Å²) in [4.78, 5) is 12.5. The van der Waals surface area contributed by atoms with Gasteiger partial charge < -0.3 is 4.74 Å². The van der Waals surface area contributed by atoms with E-state index < -0.39 is 0 Å². The molecule has 1 amide bonds. The summed E-state index contributed by atoms with van der Waals surface area (Å²) < 4.78 is 6.62. The van der Waals surface area contributed by atoms with Crippen molar-refractivity contribution in [3.63, 3.8) is 0 Å². The van der Waals surface area contributed by atoms with Crippen LogP contribution in [0.2, 0.25) is 0 Å². The zero-order chi connectivity index (χ0) is 16.8. The number of anilines is 1. The van der Waals surface area contributed by atoms with Gasteiger partial charge in [-0.25, -0.2) is 0 Å². The third-order valence-electron chi connectivity index (χ3n) is 3.17. The second-order valence-electron chi connectivity index (χ2n) is 4.80. The number of nitrogens with one attached hydrogen (secondary N) is 1. The molecule has 3 aromatic rings. The van der Waals surface area contributed by atoms with Gasteiger partial charge in [-0.2, -0.15) is 0 Å². The van der Waals surface area contributed by atoms with Gasteiger partial charge in [0.2, 0.25) is 5.13 Å². The summed E-state index contributed by atoms with van der Waals surface area (Å²) in [6.45, 7) is 0.403. The van der Waals surface area contributed by atoms with Crippen molar-refractivity contribution in [2.45, 2.75) is 10.9 Å². The minimum absolute atomic E-state index is 0.262. The molecule has 0 aliphatic rings. The molecule has 0 bridgehead atoms. The van der Waals surface area contributed by atoms with Crippen molar-refractivity contribution in [2.24, 2.45) is 0 Å². The lowest BCUT2D eigenvalue weighted by Gasteiger charge is -2.10. The molecular weight excluding hydrogens is 342 g/mol. The average molecular weight is 357 g/mol. The zero-order valence-electron chi connectivity index (χ0n) is 12.9. The Labute approximate surface area is 148 Å². The summed E-state index contributed by atoms with van der Waals surface area (Å²) in [6, 6.07) is 17.0. The first-order valence-electron chi connectivity index (χ1n) is 7.21. The highest BCUT2D eigenvalue weighted by Crippen LogP contribution is 2.25. The maximum Gasteiger partial charge on any atom is 0.261 e. The molecule has 1 N–H and O–H groups in total. The number of aromatic nitrogens is 2. The highest BCUT2D eigenvalue weighted by molar-refractivity contribution is 8.00. The van der Waals surface area contributed by atoms with Crippen LogP contribution in [0.3, 0.4) is 0 Å². The molecule has 0 spiro atoms. The number of thioether (sulfide) groups is 1. The fourth-order valence-electron chi connectivity index (χ4n) is 2.02. The van der Waals surface area contributed by atoms with E-state index in [4.69, 9.17) is 4.74 Å². The molecule has 1 aromatic heterocycles. The van der Waals surface area contributed by atoms with Gasteiger partial charge in [0.25, 0.3) is 5.91 Å². The van der Waals surface area contributed by atoms with E-state index in [0.29, 0.717) is 23.1 Å². The number of hydrogen-bond donors (Lipinski definition) is 1. The Morgan fingerprint density at radius 2 is 1.88 bits per heavy atom. The minimum atomic E-state index is -0.262. The molecule has 24 heavy (non-hydrogen) atoms. The standard InChI is InChI=1S/C17H15N3O2S2/c1-23-17-20-19-16(24-17)18-15(21)13-9-5-6-10-14(13)22-11-12-7-3-2-4-8-12/h2-10H,11H2,1H3,(H,18,19,21). The van der Waals surface area contributed by atoms with Crippen LogP contribution in [-0.4, -0.2) is 22.4 Å². The van der Waals surface area contributed by atoms with Crippen LogP contribution < -0.4 is 10.1 Å². The maximum absolute atomic E-state index is 12.5. The predicted molar refractivity (Wildman–Crippen MR) is 96.9 cm³/mol. The van der Waals surface area contributed by atoms with Crippen LogP contribution in [0.5, 0.6) is 5.75 Å². The fourth-order valence-corrected chi connectivity index (χ4v) is 3.19. The number of ether oxygens (including phenoxy) is 1. The molecule has 0 saturated carbocycles. The Morgan fingerprint density at radius 1 is 1.12 bits per heavy atom. The number of carbonyl (C=O) groups is 1. The van der Waals surface area contributed by atoms with Crippen molar-refractivity contribution < 1.29 is 9.53 Å². The number of rotatable bonds is 6. The van der Waals surface area contributed by atoms with Gasteiger partial charge in [0.05, 0.1) is 5.56 Å². The minimum Gasteiger partial charge on any atom is -0.488 e. The van der Waals surface area contributed by atoms with E-state index in [2.05, 4.69) is 15.5 Å². The molecular formula is C17H15N3O2S2. The van der Waals surface area contributed by atoms with E-state index in [9.17, 15) is 4.79 Å². The van der Waals surface area contributed by atoms with Gasteiger partial charge in [-0.3, -0.25) is 10.1 Å². The quantitative estimate of drug-likeness (QED) is 0.532. The van der Waals surface area contributed by atoms with Crippen LogP contribution in [-0.2, 0) is 6.61 Å². The van der Waals surface area contributed by atoms with E-state index in [1.807, 2.05) is 42.7 Å². The highest BCUT2D eigenvalue weighted by Gasteiger charge is 2.14. The van der Waals surface area contributed by atoms with Gasteiger partial charge >= 0.3 is 0 Å². The summed E-state index contributed by atoms with van der Waals surface area (Å²) >= 11 is 2.83. The number of benzene rings is 2. The molecule has 122 valence electrons. The number of carbonyl (C=O) groups excluding carboxylic acids is 1. The second kappa shape index (κ2) is 7.94. The van der Waals surface area contributed by atoms with Gasteiger partial charge in [0.1, 0.15) is 12.4 Å². The highest BCUT2D eigenvalue weighted by atomic mass is 32.2. The van der Waals surface area contributed by atoms with Crippen molar-refractivity contribution in [1.82, 2.24) is 10.2 Å². The Hall–Kier alpha value is -2.38. The van der Waals surface area contributed by atoms with E-state index in [-0.39, 0.29) is 5.91 Å². The zero-order valence-corrected chi connectivity index (χ0v) is 14.6. The first-order chi connectivity index (χ1) is 11.8. The number of amides is 1. The Kier molecular flexibility index (Phi) is 5.45. The average Bonchev–Trinajstić information content (AvgIpc) is 3.08. The first kappa shape index (κ1) is 16.5. The van der Waals surface area contributed by atoms with Crippen molar-refractivity contribution in [3.8, 4) is 5.75 Å². The van der Waals surface area contributed by atoms with Crippen molar-refractivity contribution in [1.29, 1.82) is 0 Å². The summed E-state index contributed by atoms with van der Waals surface area (Å²) in [5, 5.41) is 11.2. The fraction of sp³-hybridized carbons (Fsp3) is 0.118. The van der Waals surface area contributed by atoms with E-state index in [1.54, 1.807) is 18.2 Å². The summed E-state index contributed by atoms with van der Waals surface area (Å²) in [7, 11) is 0. The second-order valence-corrected chi connectivity index (χ2v) is 6.83. The lowest BCUT2D eigenvalue weighted by molar-refractivity contribution is 0.102. The van der Waals surface area contributed by atoms with Crippen LogP contribution in [0.25, 0.3) is 0 Å². The molecule has 3 rings (SSSR count). The van der Waals surface area contributed by atoms with Gasteiger partial charge in [-0.05, 0) is 24.0 Å². The van der Waals surface area contributed by atoms with Crippen molar-refractivity contribution in [2.75, 3.05) is 11.6 Å². The summed E-state index contributed by atoms with van der Waals surface area (Å²) in [6.07, 6.45) is 1.92. The third kappa shape index (κ3) is 4.12. The topological polar surface area (TPSA) is 64.1 Å². The molecule has 0 fully saturated rings. The first-order valence-corrected chi connectivity index (χ1v) is 9.25. The number of hydrogen-bond acceptors (Lipinski definition) is 6. The Morgan fingerprint density at radius 3 is 2.62 bits per heavy atom. The predicted octanol–water partition coefficient (Wildman–Crippen LogP) is 4.09. The molecule has 5 nitrogen and oxygen atoms in total.